The van der Waals surface area contributed by atoms with Crippen LogP contribution in [0.2, 0.25) is 0 Å². The first-order valence-electron chi connectivity index (χ1n) is 14.6. The van der Waals surface area contributed by atoms with Gasteiger partial charge in [-0.25, -0.2) is 4.79 Å². The number of nitrogens with zero attached hydrogens (tertiary/aromatic N) is 1. The zero-order chi connectivity index (χ0) is 31.3. The van der Waals surface area contributed by atoms with Crippen molar-refractivity contribution in [2.24, 2.45) is 0 Å². The molecule has 6 nitrogen and oxygen atoms in total. The van der Waals surface area contributed by atoms with E-state index < -0.39 is 0 Å². The zero-order valence-electron chi connectivity index (χ0n) is 25.5. The lowest BCUT2D eigenvalue weighted by Gasteiger charge is -2.18. The first kappa shape index (κ1) is 31.2. The largest absolute Gasteiger partial charge is 0.497 e. The summed E-state index contributed by atoms with van der Waals surface area (Å²) in [6.45, 7) is 2.13. The van der Waals surface area contributed by atoms with Gasteiger partial charge in [-0.15, -0.1) is 0 Å². The highest BCUT2D eigenvalue weighted by Crippen LogP contribution is 2.49. The highest BCUT2D eigenvalue weighted by Gasteiger charge is 2.34. The Labute approximate surface area is 276 Å². The fraction of sp³-hybridized carbons (Fsp3) is 0.222. The molecule has 0 radical (unpaired) electrons. The summed E-state index contributed by atoms with van der Waals surface area (Å²) in [5.74, 6) is 2.32. The molecule has 9 heteroatoms. The van der Waals surface area contributed by atoms with Crippen LogP contribution < -0.4 is 14.2 Å². The number of esters is 1. The molecule has 6 rings (SSSR count). The van der Waals surface area contributed by atoms with Gasteiger partial charge in [-0.3, -0.25) is 4.98 Å². The van der Waals surface area contributed by atoms with E-state index in [1.165, 1.54) is 0 Å². The SMILES string of the molecule is CCOC(=O)c1c(C2CC2)nc2cc(Sc3ccc(OC)cc3)c(Sc3ccc(OC)cc3)cc2c1Sc1ccc(OC)cc1. The quantitative estimate of drug-likeness (QED) is 0.122. The second-order valence-electron chi connectivity index (χ2n) is 10.3. The zero-order valence-corrected chi connectivity index (χ0v) is 27.9. The monoisotopic (exact) mass is 655 g/mol. The maximum absolute atomic E-state index is 13.6. The molecule has 45 heavy (non-hydrogen) atoms. The fourth-order valence-corrected chi connectivity index (χ4v) is 7.92. The van der Waals surface area contributed by atoms with Crippen molar-refractivity contribution in [2.75, 3.05) is 27.9 Å². The van der Waals surface area contributed by atoms with Crippen molar-refractivity contribution in [3.05, 3.63) is 96.2 Å². The van der Waals surface area contributed by atoms with E-state index in [1.807, 2.05) is 55.5 Å². The molecule has 1 heterocycles. The van der Waals surface area contributed by atoms with Gasteiger partial charge in [0.1, 0.15) is 17.2 Å². The molecule has 1 fully saturated rings. The van der Waals surface area contributed by atoms with Crippen LogP contribution >= 0.6 is 35.3 Å². The molecule has 1 aliphatic rings. The van der Waals surface area contributed by atoms with Crippen molar-refractivity contribution in [1.82, 2.24) is 4.98 Å². The normalized spacial score (nSPS) is 12.6. The van der Waals surface area contributed by atoms with Gasteiger partial charge < -0.3 is 18.9 Å². The van der Waals surface area contributed by atoms with Crippen molar-refractivity contribution in [3.8, 4) is 17.2 Å². The third-order valence-electron chi connectivity index (χ3n) is 7.33. The molecule has 0 amide bonds. The Morgan fingerprint density at radius 3 is 1.62 bits per heavy atom. The molecule has 1 aliphatic carbocycles. The second-order valence-corrected chi connectivity index (χ2v) is 13.7. The molecule has 0 spiro atoms. The first-order valence-corrected chi connectivity index (χ1v) is 17.1. The molecule has 1 aromatic heterocycles. The van der Waals surface area contributed by atoms with Crippen LogP contribution in [-0.2, 0) is 4.74 Å². The number of pyridine rings is 1. The molecule has 0 saturated heterocycles. The predicted molar refractivity (Wildman–Crippen MR) is 181 cm³/mol. The van der Waals surface area contributed by atoms with Crippen molar-refractivity contribution in [3.63, 3.8) is 0 Å². The first-order chi connectivity index (χ1) is 22.0. The van der Waals surface area contributed by atoms with Gasteiger partial charge in [-0.05, 0) is 105 Å². The van der Waals surface area contributed by atoms with E-state index in [0.717, 1.165) is 76.1 Å². The molecule has 4 aromatic carbocycles. The number of carbonyl (C=O) groups is 1. The number of methoxy groups -OCH3 is 3. The van der Waals surface area contributed by atoms with E-state index in [1.54, 1.807) is 56.6 Å². The average molecular weight is 656 g/mol. The van der Waals surface area contributed by atoms with Gasteiger partial charge >= 0.3 is 5.97 Å². The molecule has 0 N–H and O–H groups in total. The van der Waals surface area contributed by atoms with Crippen LogP contribution in [0.5, 0.6) is 17.2 Å². The van der Waals surface area contributed by atoms with Crippen molar-refractivity contribution < 1.29 is 23.7 Å². The van der Waals surface area contributed by atoms with E-state index in [0.29, 0.717) is 12.2 Å². The molecule has 230 valence electrons. The number of ether oxygens (including phenoxy) is 4. The molecule has 1 saturated carbocycles. The van der Waals surface area contributed by atoms with Crippen LogP contribution in [0.1, 0.15) is 41.7 Å². The van der Waals surface area contributed by atoms with Gasteiger partial charge in [-0.1, -0.05) is 35.3 Å². The van der Waals surface area contributed by atoms with Crippen LogP contribution in [0.4, 0.5) is 0 Å². The highest BCUT2D eigenvalue weighted by molar-refractivity contribution is 8.02. The minimum absolute atomic E-state index is 0.245. The summed E-state index contributed by atoms with van der Waals surface area (Å²) in [7, 11) is 4.99. The molecule has 0 atom stereocenters. The lowest BCUT2D eigenvalue weighted by molar-refractivity contribution is 0.0520. The summed E-state index contributed by atoms with van der Waals surface area (Å²) in [6, 6.07) is 28.4. The van der Waals surface area contributed by atoms with Gasteiger partial charge in [0.15, 0.2) is 0 Å². The van der Waals surface area contributed by atoms with Gasteiger partial charge in [-0.2, -0.15) is 0 Å². The van der Waals surface area contributed by atoms with Gasteiger partial charge in [0.2, 0.25) is 0 Å². The van der Waals surface area contributed by atoms with Crippen LogP contribution in [0.15, 0.2) is 114 Å². The van der Waals surface area contributed by atoms with Gasteiger partial charge in [0.25, 0.3) is 0 Å². The van der Waals surface area contributed by atoms with Crippen LogP contribution in [0, 0.1) is 0 Å². The summed E-state index contributed by atoms with van der Waals surface area (Å²) in [5, 5.41) is 0.915. The second kappa shape index (κ2) is 14.1. The fourth-order valence-electron chi connectivity index (χ4n) is 4.88. The van der Waals surface area contributed by atoms with E-state index in [-0.39, 0.29) is 11.9 Å². The number of rotatable bonds is 12. The number of benzene rings is 4. The maximum atomic E-state index is 13.6. The predicted octanol–water partition coefficient (Wildman–Crippen LogP) is 9.77. The molecular formula is C36H33NO5S3. The number of fused-ring (bicyclic) bond motifs is 1. The van der Waals surface area contributed by atoms with E-state index in [4.69, 9.17) is 23.9 Å². The topological polar surface area (TPSA) is 66.9 Å². The summed E-state index contributed by atoms with van der Waals surface area (Å²) in [4.78, 5) is 25.0. The number of hydrogen-bond acceptors (Lipinski definition) is 9. The molecular weight excluding hydrogens is 623 g/mol. The summed E-state index contributed by atoms with van der Waals surface area (Å²) in [5.41, 5.74) is 2.26. The third-order valence-corrected chi connectivity index (χ3v) is 10.7. The Balaban J connectivity index is 1.54. The van der Waals surface area contributed by atoms with Crippen molar-refractivity contribution in [2.45, 2.75) is 55.1 Å². The third kappa shape index (κ3) is 7.21. The minimum atomic E-state index is -0.328. The van der Waals surface area contributed by atoms with Crippen molar-refractivity contribution in [1.29, 1.82) is 0 Å². The highest BCUT2D eigenvalue weighted by atomic mass is 32.2. The summed E-state index contributed by atoms with van der Waals surface area (Å²) >= 11 is 4.92. The lowest BCUT2D eigenvalue weighted by Crippen LogP contribution is -2.12. The van der Waals surface area contributed by atoms with Crippen LogP contribution in [0.3, 0.4) is 0 Å². The molecule has 0 unspecified atom stereocenters. The number of carbonyl (C=O) groups excluding carboxylic acids is 1. The summed E-state index contributed by atoms with van der Waals surface area (Å²) in [6.07, 6.45) is 2.02. The average Bonchev–Trinajstić information content (AvgIpc) is 3.92. The van der Waals surface area contributed by atoms with Crippen molar-refractivity contribution >= 4 is 52.2 Å². The Morgan fingerprint density at radius 1 is 0.711 bits per heavy atom. The van der Waals surface area contributed by atoms with Gasteiger partial charge in [0.05, 0.1) is 44.7 Å². The molecule has 0 bridgehead atoms. The Morgan fingerprint density at radius 2 is 1.18 bits per heavy atom. The standard InChI is InChI=1S/C36H33NO5S3/c1-5-42-36(38)33-34(22-6-7-22)37-30-21-32(44-27-16-10-24(40-3)11-17-27)31(43-26-14-8-23(39-2)9-15-26)20-29(30)35(33)45-28-18-12-25(41-4)13-19-28/h8-22H,5-7H2,1-4H3. The summed E-state index contributed by atoms with van der Waals surface area (Å²) < 4.78 is 21.8. The Hall–Kier alpha value is -3.79. The maximum Gasteiger partial charge on any atom is 0.341 e. The number of aromatic nitrogens is 1. The smallest absolute Gasteiger partial charge is 0.341 e. The lowest BCUT2D eigenvalue weighted by atomic mass is 10.1. The Kier molecular flexibility index (Phi) is 9.78. The minimum Gasteiger partial charge on any atom is -0.497 e. The molecule has 0 aliphatic heterocycles. The van der Waals surface area contributed by atoms with Gasteiger partial charge in [0, 0.05) is 40.7 Å². The molecule has 5 aromatic rings. The van der Waals surface area contributed by atoms with E-state index >= 15 is 0 Å². The van der Waals surface area contributed by atoms with Crippen LogP contribution in [0.25, 0.3) is 10.9 Å². The number of hydrogen-bond donors (Lipinski definition) is 0. The van der Waals surface area contributed by atoms with Crippen LogP contribution in [-0.4, -0.2) is 38.9 Å². The Bertz CT molecular complexity index is 1810. The van der Waals surface area contributed by atoms with E-state index in [9.17, 15) is 4.79 Å². The van der Waals surface area contributed by atoms with E-state index in [2.05, 4.69) is 36.4 Å².